The lowest BCUT2D eigenvalue weighted by atomic mass is 9.87. The third kappa shape index (κ3) is 2.01. The van der Waals surface area contributed by atoms with E-state index in [1.807, 2.05) is 6.20 Å². The van der Waals surface area contributed by atoms with Crippen LogP contribution in [0, 0.1) is 13.8 Å². The zero-order chi connectivity index (χ0) is 12.5. The first kappa shape index (κ1) is 11.7. The van der Waals surface area contributed by atoms with E-state index in [1.54, 1.807) is 0 Å². The number of nitrogens with zero attached hydrogens (tertiary/aromatic N) is 1. The summed E-state index contributed by atoms with van der Waals surface area (Å²) in [5, 5.41) is 4.79. The van der Waals surface area contributed by atoms with Crippen LogP contribution in [0.1, 0.15) is 35.4 Å². The van der Waals surface area contributed by atoms with Crippen LogP contribution in [0.2, 0.25) is 0 Å². The summed E-state index contributed by atoms with van der Waals surface area (Å²) in [7, 11) is 0. The van der Waals surface area contributed by atoms with Crippen molar-refractivity contribution in [2.75, 3.05) is 13.1 Å². The minimum atomic E-state index is 0.623. The molecule has 1 saturated heterocycles. The molecule has 0 amide bonds. The van der Waals surface area contributed by atoms with Gasteiger partial charge in [0.15, 0.2) is 0 Å². The van der Waals surface area contributed by atoms with Crippen LogP contribution in [-0.2, 0) is 0 Å². The third-order valence-corrected chi connectivity index (χ3v) is 3.95. The highest BCUT2D eigenvalue weighted by atomic mass is 14.9. The molecule has 2 heteroatoms. The van der Waals surface area contributed by atoms with Gasteiger partial charge in [-0.1, -0.05) is 12.1 Å². The fourth-order valence-electron chi connectivity index (χ4n) is 3.05. The molecule has 0 saturated carbocycles. The number of pyridine rings is 1. The summed E-state index contributed by atoms with van der Waals surface area (Å²) in [6, 6.07) is 6.68. The second-order valence-corrected chi connectivity index (χ2v) is 5.42. The smallest absolute Gasteiger partial charge is 0.0740 e. The molecule has 1 aromatic carbocycles. The number of nitrogens with one attached hydrogen (secondary N) is 1. The number of aromatic nitrogens is 1. The monoisotopic (exact) mass is 240 g/mol. The average molecular weight is 240 g/mol. The first-order chi connectivity index (χ1) is 8.75. The van der Waals surface area contributed by atoms with Crippen molar-refractivity contribution in [1.82, 2.24) is 10.3 Å². The summed E-state index contributed by atoms with van der Waals surface area (Å²) in [6.45, 7) is 6.57. The Labute approximate surface area is 108 Å². The average Bonchev–Trinajstić information content (AvgIpc) is 2.40. The Morgan fingerprint density at radius 2 is 2.17 bits per heavy atom. The maximum absolute atomic E-state index is 4.69. The van der Waals surface area contributed by atoms with Gasteiger partial charge in [0.05, 0.1) is 5.52 Å². The predicted octanol–water partition coefficient (Wildman–Crippen LogP) is 3.32. The molecule has 0 bridgehead atoms. The van der Waals surface area contributed by atoms with E-state index in [0.717, 1.165) is 13.1 Å². The molecule has 2 heterocycles. The maximum Gasteiger partial charge on any atom is 0.0740 e. The Hall–Kier alpha value is -1.41. The summed E-state index contributed by atoms with van der Waals surface area (Å²) in [6.07, 6.45) is 4.54. The Morgan fingerprint density at radius 3 is 2.94 bits per heavy atom. The highest BCUT2D eigenvalue weighted by Crippen LogP contribution is 2.31. The Balaban J connectivity index is 2.16. The minimum absolute atomic E-state index is 0.623. The molecule has 1 aliphatic rings. The maximum atomic E-state index is 4.69. The largest absolute Gasteiger partial charge is 0.316 e. The second-order valence-electron chi connectivity index (χ2n) is 5.42. The molecule has 0 spiro atoms. The lowest BCUT2D eigenvalue weighted by Crippen LogP contribution is -2.29. The van der Waals surface area contributed by atoms with Crippen LogP contribution in [-0.4, -0.2) is 18.1 Å². The minimum Gasteiger partial charge on any atom is -0.316 e. The number of benzene rings is 1. The van der Waals surface area contributed by atoms with Crippen LogP contribution >= 0.6 is 0 Å². The summed E-state index contributed by atoms with van der Waals surface area (Å²) >= 11 is 0. The van der Waals surface area contributed by atoms with Gasteiger partial charge in [0, 0.05) is 18.1 Å². The molecule has 0 unspecified atom stereocenters. The van der Waals surface area contributed by atoms with E-state index >= 15 is 0 Å². The van der Waals surface area contributed by atoms with Crippen LogP contribution in [0.5, 0.6) is 0 Å². The number of fused-ring (bicyclic) bond motifs is 1. The fourth-order valence-corrected chi connectivity index (χ4v) is 3.05. The molecule has 1 aromatic heterocycles. The molecular formula is C16H20N2. The third-order valence-electron chi connectivity index (χ3n) is 3.95. The standard InChI is InChI=1S/C16H20N2/c1-11-8-13-6-5-12(2)15(16(13)18-9-11)14-4-3-7-17-10-14/h5-6,8-9,14,17H,3-4,7,10H2,1-2H3/t14-/m0/s1. The van der Waals surface area contributed by atoms with E-state index < -0.39 is 0 Å². The van der Waals surface area contributed by atoms with E-state index in [2.05, 4.69) is 42.3 Å². The molecule has 3 rings (SSSR count). The van der Waals surface area contributed by atoms with E-state index in [1.165, 1.54) is 40.4 Å². The SMILES string of the molecule is Cc1cnc2c([C@H]3CCCNC3)c(C)ccc2c1. The van der Waals surface area contributed by atoms with E-state index in [9.17, 15) is 0 Å². The molecule has 2 aromatic rings. The molecule has 18 heavy (non-hydrogen) atoms. The molecule has 2 nitrogen and oxygen atoms in total. The number of hydrogen-bond donors (Lipinski definition) is 1. The van der Waals surface area contributed by atoms with Gasteiger partial charge in [-0.2, -0.15) is 0 Å². The van der Waals surface area contributed by atoms with Crippen molar-refractivity contribution in [2.24, 2.45) is 0 Å². The van der Waals surface area contributed by atoms with Gasteiger partial charge in [-0.05, 0) is 61.9 Å². The molecule has 94 valence electrons. The van der Waals surface area contributed by atoms with Crippen LogP contribution in [0.25, 0.3) is 10.9 Å². The highest BCUT2D eigenvalue weighted by Gasteiger charge is 2.19. The van der Waals surface area contributed by atoms with Crippen LogP contribution in [0.4, 0.5) is 0 Å². The normalized spacial score (nSPS) is 20.2. The molecule has 0 aliphatic carbocycles. The van der Waals surface area contributed by atoms with Crippen molar-refractivity contribution in [3.63, 3.8) is 0 Å². The van der Waals surface area contributed by atoms with Gasteiger partial charge in [-0.3, -0.25) is 4.98 Å². The molecule has 1 N–H and O–H groups in total. The van der Waals surface area contributed by atoms with Gasteiger partial charge in [-0.25, -0.2) is 0 Å². The van der Waals surface area contributed by atoms with Crippen LogP contribution in [0.3, 0.4) is 0 Å². The fraction of sp³-hybridized carbons (Fsp3) is 0.438. The lowest BCUT2D eigenvalue weighted by molar-refractivity contribution is 0.462. The summed E-state index contributed by atoms with van der Waals surface area (Å²) < 4.78 is 0. The molecule has 1 aliphatic heterocycles. The predicted molar refractivity (Wildman–Crippen MR) is 76.1 cm³/mol. The second kappa shape index (κ2) is 4.69. The van der Waals surface area contributed by atoms with Crippen molar-refractivity contribution in [3.8, 4) is 0 Å². The van der Waals surface area contributed by atoms with E-state index in [0.29, 0.717) is 5.92 Å². The number of piperidine rings is 1. The zero-order valence-electron chi connectivity index (χ0n) is 11.2. The first-order valence-corrected chi connectivity index (χ1v) is 6.82. The quantitative estimate of drug-likeness (QED) is 0.827. The Morgan fingerprint density at radius 1 is 1.28 bits per heavy atom. The van der Waals surface area contributed by atoms with E-state index in [-0.39, 0.29) is 0 Å². The highest BCUT2D eigenvalue weighted by molar-refractivity contribution is 5.84. The van der Waals surface area contributed by atoms with E-state index in [4.69, 9.17) is 0 Å². The van der Waals surface area contributed by atoms with Gasteiger partial charge < -0.3 is 5.32 Å². The van der Waals surface area contributed by atoms with Gasteiger partial charge >= 0.3 is 0 Å². The number of rotatable bonds is 1. The van der Waals surface area contributed by atoms with Gasteiger partial charge in [0.25, 0.3) is 0 Å². The molecule has 1 atom stereocenters. The van der Waals surface area contributed by atoms with Crippen molar-refractivity contribution in [3.05, 3.63) is 41.1 Å². The molecule has 0 radical (unpaired) electrons. The summed E-state index contributed by atoms with van der Waals surface area (Å²) in [5.41, 5.74) is 5.28. The Bertz CT molecular complexity index is 569. The summed E-state index contributed by atoms with van der Waals surface area (Å²) in [4.78, 5) is 4.69. The molecule has 1 fully saturated rings. The number of hydrogen-bond acceptors (Lipinski definition) is 2. The van der Waals surface area contributed by atoms with Crippen LogP contribution < -0.4 is 5.32 Å². The van der Waals surface area contributed by atoms with Crippen LogP contribution in [0.15, 0.2) is 24.4 Å². The van der Waals surface area contributed by atoms with Crippen molar-refractivity contribution in [1.29, 1.82) is 0 Å². The summed E-state index contributed by atoms with van der Waals surface area (Å²) in [5.74, 6) is 0.623. The number of aryl methyl sites for hydroxylation is 2. The van der Waals surface area contributed by atoms with Crippen molar-refractivity contribution in [2.45, 2.75) is 32.6 Å². The first-order valence-electron chi connectivity index (χ1n) is 6.82. The molecular weight excluding hydrogens is 220 g/mol. The topological polar surface area (TPSA) is 24.9 Å². The van der Waals surface area contributed by atoms with Gasteiger partial charge in [0.2, 0.25) is 0 Å². The van der Waals surface area contributed by atoms with Gasteiger partial charge in [0.1, 0.15) is 0 Å². The van der Waals surface area contributed by atoms with Crippen molar-refractivity contribution >= 4 is 10.9 Å². The van der Waals surface area contributed by atoms with Crippen molar-refractivity contribution < 1.29 is 0 Å². The Kier molecular flexibility index (Phi) is 3.04. The van der Waals surface area contributed by atoms with Gasteiger partial charge in [-0.15, -0.1) is 0 Å². The zero-order valence-corrected chi connectivity index (χ0v) is 11.2. The lowest BCUT2D eigenvalue weighted by Gasteiger charge is -2.25.